The van der Waals surface area contributed by atoms with Crippen LogP contribution < -0.4 is 10.5 Å². The summed E-state index contributed by atoms with van der Waals surface area (Å²) in [5.74, 6) is 0.474. The highest BCUT2D eigenvalue weighted by molar-refractivity contribution is 5.73. The first-order valence-corrected chi connectivity index (χ1v) is 5.32. The molecule has 5 nitrogen and oxygen atoms in total. The molecule has 1 rings (SSSR count). The molecule has 0 aromatic carbocycles. The highest BCUT2D eigenvalue weighted by atomic mass is 16.6. The van der Waals surface area contributed by atoms with Crippen LogP contribution in [-0.2, 0) is 11.2 Å². The zero-order valence-electron chi connectivity index (χ0n) is 9.58. The number of carbonyl (C=O) groups is 1. The molecule has 1 heterocycles. The minimum absolute atomic E-state index is 0.0823. The topological polar surface area (TPSA) is 85.7 Å². The molecule has 0 unspecified atom stereocenters. The van der Waals surface area contributed by atoms with Crippen LogP contribution in [0.25, 0.3) is 0 Å². The molecule has 0 amide bonds. The number of hydrogen-bond acceptors (Lipinski definition) is 5. The molecule has 0 atom stereocenters. The molecule has 0 saturated heterocycles. The van der Waals surface area contributed by atoms with E-state index < -0.39 is 5.97 Å². The maximum absolute atomic E-state index is 11.3. The minimum atomic E-state index is -0.410. The Hall–Kier alpha value is -1.49. The minimum Gasteiger partial charge on any atom is -0.502 e. The average Bonchev–Trinajstić information content (AvgIpc) is 2.53. The van der Waals surface area contributed by atoms with E-state index in [1.807, 2.05) is 6.92 Å². The first kappa shape index (κ1) is 12.6. The molecule has 0 aliphatic carbocycles. The molecule has 0 spiro atoms. The number of esters is 1. The zero-order chi connectivity index (χ0) is 12.1. The van der Waals surface area contributed by atoms with Gasteiger partial charge in [-0.15, -0.1) is 0 Å². The van der Waals surface area contributed by atoms with Crippen LogP contribution in [-0.4, -0.2) is 17.6 Å². The van der Waals surface area contributed by atoms with Crippen LogP contribution in [0.3, 0.4) is 0 Å². The number of aromatic hydroxyl groups is 1. The van der Waals surface area contributed by atoms with Crippen molar-refractivity contribution < 1.29 is 19.1 Å². The third-order valence-electron chi connectivity index (χ3n) is 2.20. The van der Waals surface area contributed by atoms with Crippen LogP contribution in [0.2, 0.25) is 0 Å². The van der Waals surface area contributed by atoms with E-state index in [2.05, 4.69) is 0 Å². The van der Waals surface area contributed by atoms with E-state index in [-0.39, 0.29) is 17.9 Å². The fraction of sp³-hybridized carbons (Fsp3) is 0.545. The Morgan fingerprint density at radius 1 is 1.56 bits per heavy atom. The second kappa shape index (κ2) is 5.55. The summed E-state index contributed by atoms with van der Waals surface area (Å²) in [5, 5.41) is 9.69. The van der Waals surface area contributed by atoms with E-state index in [4.69, 9.17) is 14.9 Å². The summed E-state index contributed by atoms with van der Waals surface area (Å²) in [6.45, 7) is 3.92. The number of aryl methyl sites for hydroxylation is 2. The molecule has 5 heteroatoms. The van der Waals surface area contributed by atoms with Crippen LogP contribution in [0, 0.1) is 6.92 Å². The summed E-state index contributed by atoms with van der Waals surface area (Å²) in [6.07, 6.45) is 1.35. The molecule has 1 aromatic rings. The molecule has 1 aromatic heterocycles. The van der Waals surface area contributed by atoms with Gasteiger partial charge in [-0.05, 0) is 19.9 Å². The van der Waals surface area contributed by atoms with Gasteiger partial charge in [-0.3, -0.25) is 4.79 Å². The average molecular weight is 227 g/mol. The molecule has 0 bridgehead atoms. The fourth-order valence-electron chi connectivity index (χ4n) is 1.34. The Kier molecular flexibility index (Phi) is 4.37. The monoisotopic (exact) mass is 227 g/mol. The van der Waals surface area contributed by atoms with Crippen molar-refractivity contribution in [3.8, 4) is 11.5 Å². The van der Waals surface area contributed by atoms with Gasteiger partial charge in [-0.2, -0.15) is 0 Å². The molecule has 3 N–H and O–H groups in total. The number of ether oxygens (including phenoxy) is 1. The van der Waals surface area contributed by atoms with Gasteiger partial charge in [0.2, 0.25) is 11.5 Å². The second-order valence-electron chi connectivity index (χ2n) is 3.48. The molecule has 0 radical (unpaired) electrons. The lowest BCUT2D eigenvalue weighted by atomic mass is 10.3. The van der Waals surface area contributed by atoms with Crippen molar-refractivity contribution in [2.24, 2.45) is 5.73 Å². The van der Waals surface area contributed by atoms with Crippen molar-refractivity contribution in [1.29, 1.82) is 0 Å². The fourth-order valence-corrected chi connectivity index (χ4v) is 1.34. The highest BCUT2D eigenvalue weighted by Gasteiger charge is 2.19. The van der Waals surface area contributed by atoms with Gasteiger partial charge >= 0.3 is 5.97 Å². The van der Waals surface area contributed by atoms with Crippen molar-refractivity contribution in [3.05, 3.63) is 11.5 Å². The third-order valence-corrected chi connectivity index (χ3v) is 2.20. The van der Waals surface area contributed by atoms with Gasteiger partial charge in [0.25, 0.3) is 0 Å². The largest absolute Gasteiger partial charge is 0.502 e. The Morgan fingerprint density at radius 2 is 2.25 bits per heavy atom. The summed E-state index contributed by atoms with van der Waals surface area (Å²) < 4.78 is 10.3. The molecule has 0 fully saturated rings. The molecular formula is C11H17NO4. The summed E-state index contributed by atoms with van der Waals surface area (Å²) in [4.78, 5) is 11.3. The van der Waals surface area contributed by atoms with Crippen LogP contribution in [0.4, 0.5) is 0 Å². The lowest BCUT2D eigenvalue weighted by Crippen LogP contribution is -2.10. The van der Waals surface area contributed by atoms with Crippen molar-refractivity contribution >= 4 is 5.97 Å². The molecule has 0 aliphatic heterocycles. The van der Waals surface area contributed by atoms with E-state index in [1.54, 1.807) is 6.92 Å². The van der Waals surface area contributed by atoms with Gasteiger partial charge in [0.1, 0.15) is 11.5 Å². The van der Waals surface area contributed by atoms with Gasteiger partial charge in [0, 0.05) is 12.8 Å². The Morgan fingerprint density at radius 3 is 2.75 bits per heavy atom. The molecule has 90 valence electrons. The third kappa shape index (κ3) is 2.76. The summed E-state index contributed by atoms with van der Waals surface area (Å²) in [6, 6.07) is 0. The Labute approximate surface area is 94.2 Å². The predicted molar refractivity (Wildman–Crippen MR) is 58.4 cm³/mol. The van der Waals surface area contributed by atoms with E-state index >= 15 is 0 Å². The molecule has 16 heavy (non-hydrogen) atoms. The van der Waals surface area contributed by atoms with E-state index in [0.29, 0.717) is 30.9 Å². The van der Waals surface area contributed by atoms with Crippen LogP contribution in [0.5, 0.6) is 11.5 Å². The van der Waals surface area contributed by atoms with Gasteiger partial charge in [0.05, 0.1) is 0 Å². The van der Waals surface area contributed by atoms with Gasteiger partial charge in [-0.1, -0.05) is 6.92 Å². The highest BCUT2D eigenvalue weighted by Crippen LogP contribution is 2.36. The van der Waals surface area contributed by atoms with Gasteiger partial charge in [0.15, 0.2) is 0 Å². The molecule has 0 saturated carbocycles. The first-order valence-electron chi connectivity index (χ1n) is 5.32. The summed E-state index contributed by atoms with van der Waals surface area (Å²) >= 11 is 0. The lowest BCUT2D eigenvalue weighted by Gasteiger charge is -2.02. The van der Waals surface area contributed by atoms with E-state index in [0.717, 1.165) is 0 Å². The van der Waals surface area contributed by atoms with E-state index in [9.17, 15) is 9.90 Å². The Balaban J connectivity index is 2.73. The number of nitrogens with two attached hydrogens (primary N) is 1. The van der Waals surface area contributed by atoms with Crippen LogP contribution in [0.1, 0.15) is 31.3 Å². The van der Waals surface area contributed by atoms with Crippen molar-refractivity contribution in [3.63, 3.8) is 0 Å². The molecule has 0 aliphatic rings. The molecular weight excluding hydrogens is 210 g/mol. The van der Waals surface area contributed by atoms with E-state index in [1.165, 1.54) is 0 Å². The lowest BCUT2D eigenvalue weighted by molar-refractivity contribution is -0.134. The van der Waals surface area contributed by atoms with Crippen molar-refractivity contribution in [2.45, 2.75) is 33.1 Å². The number of furan rings is 1. The van der Waals surface area contributed by atoms with Gasteiger partial charge < -0.3 is 20.0 Å². The number of carbonyl (C=O) groups excluding carboxylic acids is 1. The summed E-state index contributed by atoms with van der Waals surface area (Å²) in [7, 11) is 0. The quantitative estimate of drug-likeness (QED) is 0.744. The second-order valence-corrected chi connectivity index (χ2v) is 3.48. The summed E-state index contributed by atoms with van der Waals surface area (Å²) in [5.41, 5.74) is 5.28. The standard InChI is InChI=1S/C11H17NO4/c1-3-8-10(14)11(7(2)15-8)16-9(13)5-4-6-12/h14H,3-6,12H2,1-2H3. The normalized spacial score (nSPS) is 10.4. The number of hydrogen-bond donors (Lipinski definition) is 2. The van der Waals surface area contributed by atoms with Crippen LogP contribution in [0.15, 0.2) is 4.42 Å². The predicted octanol–water partition coefficient (Wildman–Crippen LogP) is 1.50. The number of rotatable bonds is 5. The first-order chi connectivity index (χ1) is 7.60. The van der Waals surface area contributed by atoms with Gasteiger partial charge in [-0.25, -0.2) is 0 Å². The maximum atomic E-state index is 11.3. The van der Waals surface area contributed by atoms with Crippen molar-refractivity contribution in [2.75, 3.05) is 6.54 Å². The maximum Gasteiger partial charge on any atom is 0.311 e. The van der Waals surface area contributed by atoms with Crippen LogP contribution >= 0.6 is 0 Å². The smallest absolute Gasteiger partial charge is 0.311 e. The zero-order valence-corrected chi connectivity index (χ0v) is 9.58. The van der Waals surface area contributed by atoms with Crippen molar-refractivity contribution in [1.82, 2.24) is 0 Å². The SMILES string of the molecule is CCc1oc(C)c(OC(=O)CCCN)c1O. The Bertz CT molecular complexity index is 370.